The summed E-state index contributed by atoms with van der Waals surface area (Å²) in [6.07, 6.45) is 0. The molecule has 1 aromatic heterocycles. The highest BCUT2D eigenvalue weighted by Crippen LogP contribution is 2.36. The summed E-state index contributed by atoms with van der Waals surface area (Å²) in [5, 5.41) is 13.9. The lowest BCUT2D eigenvalue weighted by Crippen LogP contribution is -2.04. The summed E-state index contributed by atoms with van der Waals surface area (Å²) >= 11 is 5.76. The van der Waals surface area contributed by atoms with Crippen LogP contribution < -0.4 is 14.8 Å². The highest BCUT2D eigenvalue weighted by Gasteiger charge is 2.22. The number of nitro groups is 1. The molecule has 1 aliphatic heterocycles. The Morgan fingerprint density at radius 1 is 1.33 bits per heavy atom. The number of nitrogens with one attached hydrogen (secondary N) is 1. The van der Waals surface area contributed by atoms with Crippen molar-refractivity contribution >= 4 is 28.8 Å². The fraction of sp³-hybridized carbons (Fsp3) is 0.167. The first-order valence-corrected chi connectivity index (χ1v) is 6.27. The number of hydrogen-bond acceptors (Lipinski definition) is 7. The summed E-state index contributed by atoms with van der Waals surface area (Å²) in [5.41, 5.74) is 0.525. The third kappa shape index (κ3) is 2.52. The zero-order valence-electron chi connectivity index (χ0n) is 10.8. The molecule has 1 aliphatic rings. The Morgan fingerprint density at radius 2 is 2.10 bits per heavy atom. The van der Waals surface area contributed by atoms with E-state index in [2.05, 4.69) is 15.3 Å². The van der Waals surface area contributed by atoms with E-state index in [1.807, 2.05) is 0 Å². The van der Waals surface area contributed by atoms with Gasteiger partial charge in [0.1, 0.15) is 5.69 Å². The number of nitrogens with zero attached hydrogens (tertiary/aromatic N) is 3. The maximum atomic E-state index is 11.1. The van der Waals surface area contributed by atoms with Gasteiger partial charge in [0.05, 0.1) is 4.92 Å². The quantitative estimate of drug-likeness (QED) is 0.528. The highest BCUT2D eigenvalue weighted by molar-refractivity contribution is 6.28. The van der Waals surface area contributed by atoms with E-state index < -0.39 is 4.92 Å². The van der Waals surface area contributed by atoms with Crippen molar-refractivity contribution in [2.45, 2.75) is 6.92 Å². The molecule has 0 saturated carbocycles. The lowest BCUT2D eigenvalue weighted by Gasteiger charge is -2.08. The molecule has 0 amide bonds. The molecule has 0 atom stereocenters. The number of aryl methyl sites for hydroxylation is 1. The number of anilines is 2. The van der Waals surface area contributed by atoms with Crippen LogP contribution in [0.2, 0.25) is 5.28 Å². The van der Waals surface area contributed by atoms with Crippen LogP contribution in [-0.4, -0.2) is 21.7 Å². The zero-order chi connectivity index (χ0) is 15.0. The first-order valence-electron chi connectivity index (χ1n) is 5.90. The van der Waals surface area contributed by atoms with Crippen LogP contribution >= 0.6 is 11.6 Å². The van der Waals surface area contributed by atoms with E-state index in [1.165, 1.54) is 6.92 Å². The molecule has 3 rings (SSSR count). The average molecular weight is 309 g/mol. The van der Waals surface area contributed by atoms with Gasteiger partial charge in [0, 0.05) is 11.8 Å². The molecule has 0 saturated heterocycles. The minimum atomic E-state index is -0.555. The summed E-state index contributed by atoms with van der Waals surface area (Å²) in [6, 6.07) is 5.06. The van der Waals surface area contributed by atoms with Crippen molar-refractivity contribution < 1.29 is 14.4 Å². The van der Waals surface area contributed by atoms with Crippen LogP contribution in [0.5, 0.6) is 11.5 Å². The molecule has 0 fully saturated rings. The molecule has 21 heavy (non-hydrogen) atoms. The second-order valence-electron chi connectivity index (χ2n) is 4.23. The molecule has 0 spiro atoms. The molecule has 0 unspecified atom stereocenters. The van der Waals surface area contributed by atoms with Crippen molar-refractivity contribution in [1.82, 2.24) is 9.97 Å². The number of halogens is 1. The molecule has 0 bridgehead atoms. The Balaban J connectivity index is 1.99. The number of benzene rings is 1. The van der Waals surface area contributed by atoms with Crippen molar-refractivity contribution in [2.24, 2.45) is 0 Å². The van der Waals surface area contributed by atoms with E-state index in [0.29, 0.717) is 17.2 Å². The maximum Gasteiger partial charge on any atom is 0.332 e. The van der Waals surface area contributed by atoms with Crippen LogP contribution in [0.4, 0.5) is 17.2 Å². The summed E-state index contributed by atoms with van der Waals surface area (Å²) in [4.78, 5) is 18.2. The SMILES string of the molecule is Cc1nc(Cl)nc(Nc2ccc3c(c2)OCO3)c1[N+](=O)[O-]. The molecule has 2 aromatic rings. The van der Waals surface area contributed by atoms with Gasteiger partial charge in [-0.3, -0.25) is 10.1 Å². The Labute approximate surface area is 123 Å². The van der Waals surface area contributed by atoms with Crippen LogP contribution in [0.25, 0.3) is 0 Å². The van der Waals surface area contributed by atoms with Crippen LogP contribution in [0.15, 0.2) is 18.2 Å². The number of aromatic nitrogens is 2. The largest absolute Gasteiger partial charge is 0.454 e. The Morgan fingerprint density at radius 3 is 2.86 bits per heavy atom. The third-order valence-corrected chi connectivity index (χ3v) is 3.02. The van der Waals surface area contributed by atoms with Crippen LogP contribution in [-0.2, 0) is 0 Å². The fourth-order valence-electron chi connectivity index (χ4n) is 1.95. The number of ether oxygens (including phenoxy) is 2. The van der Waals surface area contributed by atoms with E-state index >= 15 is 0 Å². The molecule has 1 N–H and O–H groups in total. The van der Waals surface area contributed by atoms with Crippen molar-refractivity contribution in [3.05, 3.63) is 39.3 Å². The van der Waals surface area contributed by atoms with Gasteiger partial charge in [0.25, 0.3) is 0 Å². The predicted molar refractivity (Wildman–Crippen MR) is 74.3 cm³/mol. The average Bonchev–Trinajstić information content (AvgIpc) is 2.84. The molecule has 1 aromatic carbocycles. The fourth-order valence-corrected chi connectivity index (χ4v) is 2.16. The van der Waals surface area contributed by atoms with Crippen LogP contribution in [0, 0.1) is 17.0 Å². The van der Waals surface area contributed by atoms with Crippen molar-refractivity contribution in [1.29, 1.82) is 0 Å². The zero-order valence-corrected chi connectivity index (χ0v) is 11.5. The van der Waals surface area contributed by atoms with E-state index in [4.69, 9.17) is 21.1 Å². The van der Waals surface area contributed by atoms with Crippen molar-refractivity contribution in [3.63, 3.8) is 0 Å². The Bertz CT molecular complexity index is 737. The third-order valence-electron chi connectivity index (χ3n) is 2.85. The molecule has 8 nitrogen and oxygen atoms in total. The second kappa shape index (κ2) is 5.06. The van der Waals surface area contributed by atoms with Gasteiger partial charge in [-0.2, -0.15) is 4.98 Å². The summed E-state index contributed by atoms with van der Waals surface area (Å²) in [5.74, 6) is 1.20. The molecule has 0 aliphatic carbocycles. The van der Waals surface area contributed by atoms with E-state index in [-0.39, 0.29) is 29.3 Å². The maximum absolute atomic E-state index is 11.1. The highest BCUT2D eigenvalue weighted by atomic mass is 35.5. The first kappa shape index (κ1) is 13.4. The Hall–Kier alpha value is -2.61. The van der Waals surface area contributed by atoms with Crippen LogP contribution in [0.1, 0.15) is 5.69 Å². The minimum absolute atomic E-state index is 0.0244. The normalized spacial score (nSPS) is 12.3. The van der Waals surface area contributed by atoms with E-state index in [0.717, 1.165) is 0 Å². The van der Waals surface area contributed by atoms with Gasteiger partial charge < -0.3 is 14.8 Å². The number of hydrogen-bond donors (Lipinski definition) is 1. The van der Waals surface area contributed by atoms with Gasteiger partial charge in [-0.05, 0) is 30.7 Å². The van der Waals surface area contributed by atoms with Gasteiger partial charge in [-0.1, -0.05) is 0 Å². The number of rotatable bonds is 3. The van der Waals surface area contributed by atoms with Crippen LogP contribution in [0.3, 0.4) is 0 Å². The predicted octanol–water partition coefficient (Wildman–Crippen LogP) is 2.82. The minimum Gasteiger partial charge on any atom is -0.454 e. The Kier molecular flexibility index (Phi) is 3.22. The monoisotopic (exact) mass is 308 g/mol. The molecule has 108 valence electrons. The van der Waals surface area contributed by atoms with Gasteiger partial charge >= 0.3 is 5.69 Å². The standard InChI is InChI=1S/C12H9ClN4O4/c1-6-10(17(18)19)11(16-12(13)14-6)15-7-2-3-8-9(4-7)21-5-20-8/h2-4H,5H2,1H3,(H,14,15,16). The van der Waals surface area contributed by atoms with Gasteiger partial charge in [-0.15, -0.1) is 0 Å². The molecular weight excluding hydrogens is 300 g/mol. The molecule has 2 heterocycles. The lowest BCUT2D eigenvalue weighted by atomic mass is 10.2. The van der Waals surface area contributed by atoms with E-state index in [9.17, 15) is 10.1 Å². The topological polar surface area (TPSA) is 99.4 Å². The van der Waals surface area contributed by atoms with Gasteiger partial charge in [-0.25, -0.2) is 4.98 Å². The van der Waals surface area contributed by atoms with E-state index in [1.54, 1.807) is 18.2 Å². The summed E-state index contributed by atoms with van der Waals surface area (Å²) in [7, 11) is 0. The molecular formula is C12H9ClN4O4. The number of fused-ring (bicyclic) bond motifs is 1. The molecule has 9 heteroatoms. The van der Waals surface area contributed by atoms with Gasteiger partial charge in [0.15, 0.2) is 11.5 Å². The lowest BCUT2D eigenvalue weighted by molar-refractivity contribution is -0.385. The second-order valence-corrected chi connectivity index (χ2v) is 4.56. The molecule has 0 radical (unpaired) electrons. The van der Waals surface area contributed by atoms with Gasteiger partial charge in [0.2, 0.25) is 17.9 Å². The first-order chi connectivity index (χ1) is 10.0. The summed E-state index contributed by atoms with van der Waals surface area (Å²) in [6.45, 7) is 1.65. The smallest absolute Gasteiger partial charge is 0.332 e. The van der Waals surface area contributed by atoms with Crippen molar-refractivity contribution in [2.75, 3.05) is 12.1 Å². The van der Waals surface area contributed by atoms with Crippen molar-refractivity contribution in [3.8, 4) is 11.5 Å². The summed E-state index contributed by atoms with van der Waals surface area (Å²) < 4.78 is 10.4.